The van der Waals surface area contributed by atoms with E-state index in [1.54, 1.807) is 0 Å². The van der Waals surface area contributed by atoms with Crippen molar-refractivity contribution in [2.45, 2.75) is 37.6 Å². The van der Waals surface area contributed by atoms with Crippen molar-refractivity contribution in [3.05, 3.63) is 60.2 Å². The Morgan fingerprint density at radius 2 is 1.72 bits per heavy atom. The van der Waals surface area contributed by atoms with Crippen LogP contribution in [0.15, 0.2) is 54.6 Å². The zero-order valence-corrected chi connectivity index (χ0v) is 17.6. The molecule has 1 heterocycles. The first-order valence-corrected chi connectivity index (χ1v) is 12.2. The molecule has 0 aromatic heterocycles. The monoisotopic (exact) mass is 412 g/mol. The minimum absolute atomic E-state index is 0.0410. The van der Waals surface area contributed by atoms with Gasteiger partial charge in [0.15, 0.2) is 0 Å². The summed E-state index contributed by atoms with van der Waals surface area (Å²) in [5.41, 5.74) is 3.65. The highest BCUT2D eigenvalue weighted by atomic mass is 32.2. The van der Waals surface area contributed by atoms with Gasteiger partial charge in [0.05, 0.1) is 6.26 Å². The van der Waals surface area contributed by atoms with E-state index in [-0.39, 0.29) is 23.8 Å². The van der Waals surface area contributed by atoms with Crippen LogP contribution in [-0.4, -0.2) is 44.6 Å². The quantitative estimate of drug-likeness (QED) is 0.819. The largest absolute Gasteiger partial charge is 0.342 e. The lowest BCUT2D eigenvalue weighted by Gasteiger charge is -2.21. The first-order chi connectivity index (χ1) is 13.9. The van der Waals surface area contributed by atoms with E-state index in [0.717, 1.165) is 19.3 Å². The standard InChI is InChI=1S/C23H28N2O3S/c1-29(27,28)24-18-10-7-14-25(15-13-18)23(26)22-16-21(22)20-12-6-5-11-19(20)17-8-3-2-4-9-17/h2-6,8-9,11-12,18,21-22,24H,7,10,13-16H2,1H3/t18-,21-,22+/m0/s1. The maximum Gasteiger partial charge on any atom is 0.226 e. The minimum atomic E-state index is -3.21. The second kappa shape index (κ2) is 8.28. The van der Waals surface area contributed by atoms with E-state index < -0.39 is 10.0 Å². The normalized spacial score (nSPS) is 24.7. The molecular weight excluding hydrogens is 384 g/mol. The molecule has 1 saturated heterocycles. The highest BCUT2D eigenvalue weighted by Gasteiger charge is 2.46. The fourth-order valence-electron chi connectivity index (χ4n) is 4.48. The Morgan fingerprint density at radius 1 is 1.00 bits per heavy atom. The van der Waals surface area contributed by atoms with Crippen molar-refractivity contribution >= 4 is 15.9 Å². The van der Waals surface area contributed by atoms with Crippen LogP contribution < -0.4 is 4.72 Å². The molecule has 6 heteroatoms. The third-order valence-electron chi connectivity index (χ3n) is 5.97. The molecule has 0 spiro atoms. The molecule has 1 amide bonds. The summed E-state index contributed by atoms with van der Waals surface area (Å²) in [6.45, 7) is 1.33. The van der Waals surface area contributed by atoms with Gasteiger partial charge < -0.3 is 4.90 Å². The van der Waals surface area contributed by atoms with Crippen LogP contribution in [0.3, 0.4) is 0 Å². The highest BCUT2D eigenvalue weighted by molar-refractivity contribution is 7.88. The third-order valence-corrected chi connectivity index (χ3v) is 6.73. The lowest BCUT2D eigenvalue weighted by molar-refractivity contribution is -0.132. The number of amides is 1. The minimum Gasteiger partial charge on any atom is -0.342 e. The molecule has 29 heavy (non-hydrogen) atoms. The van der Waals surface area contributed by atoms with Gasteiger partial charge in [-0.25, -0.2) is 13.1 Å². The van der Waals surface area contributed by atoms with E-state index in [1.165, 1.54) is 22.9 Å². The average Bonchev–Trinajstić information content (AvgIpc) is 3.52. The Bertz CT molecular complexity index is 975. The SMILES string of the molecule is CS(=O)(=O)N[C@H]1CCCN(C(=O)[C@@H]2C[C@H]2c2ccccc2-c2ccccc2)CC1. The molecule has 5 nitrogen and oxygen atoms in total. The summed E-state index contributed by atoms with van der Waals surface area (Å²) in [6.07, 6.45) is 4.37. The number of carbonyl (C=O) groups is 1. The number of hydrogen-bond donors (Lipinski definition) is 1. The number of rotatable bonds is 5. The van der Waals surface area contributed by atoms with Crippen molar-refractivity contribution in [1.82, 2.24) is 9.62 Å². The van der Waals surface area contributed by atoms with Gasteiger partial charge in [0.1, 0.15) is 0 Å². The van der Waals surface area contributed by atoms with Crippen LogP contribution in [0.25, 0.3) is 11.1 Å². The first kappa shape index (κ1) is 20.1. The van der Waals surface area contributed by atoms with Crippen LogP contribution in [0, 0.1) is 5.92 Å². The van der Waals surface area contributed by atoms with E-state index in [2.05, 4.69) is 41.1 Å². The number of likely N-dealkylation sites (tertiary alicyclic amines) is 1. The molecule has 1 saturated carbocycles. The topological polar surface area (TPSA) is 66.5 Å². The van der Waals surface area contributed by atoms with Crippen LogP contribution in [0.1, 0.15) is 37.2 Å². The first-order valence-electron chi connectivity index (χ1n) is 10.3. The number of hydrogen-bond acceptors (Lipinski definition) is 3. The van der Waals surface area contributed by atoms with Gasteiger partial charge in [-0.1, -0.05) is 54.6 Å². The van der Waals surface area contributed by atoms with Crippen LogP contribution >= 0.6 is 0 Å². The lowest BCUT2D eigenvalue weighted by atomic mass is 9.96. The zero-order valence-electron chi connectivity index (χ0n) is 16.8. The molecular formula is C23H28N2O3S. The van der Waals surface area contributed by atoms with Crippen LogP contribution in [0.5, 0.6) is 0 Å². The molecule has 0 bridgehead atoms. The van der Waals surface area contributed by atoms with Gasteiger partial charge in [0.25, 0.3) is 0 Å². The van der Waals surface area contributed by atoms with Gasteiger partial charge >= 0.3 is 0 Å². The number of benzene rings is 2. The highest BCUT2D eigenvalue weighted by Crippen LogP contribution is 2.51. The zero-order chi connectivity index (χ0) is 20.4. The lowest BCUT2D eigenvalue weighted by Crippen LogP contribution is -2.36. The van der Waals surface area contributed by atoms with E-state index in [9.17, 15) is 13.2 Å². The van der Waals surface area contributed by atoms with E-state index in [0.29, 0.717) is 19.5 Å². The van der Waals surface area contributed by atoms with Crippen molar-refractivity contribution in [2.75, 3.05) is 19.3 Å². The summed E-state index contributed by atoms with van der Waals surface area (Å²) in [5, 5.41) is 0. The molecule has 4 rings (SSSR count). The fraction of sp³-hybridized carbons (Fsp3) is 0.435. The molecule has 0 radical (unpaired) electrons. The molecule has 1 N–H and O–H groups in total. The van der Waals surface area contributed by atoms with Crippen molar-refractivity contribution < 1.29 is 13.2 Å². The van der Waals surface area contributed by atoms with Crippen molar-refractivity contribution in [1.29, 1.82) is 0 Å². The molecule has 2 aliphatic rings. The van der Waals surface area contributed by atoms with Crippen molar-refractivity contribution in [3.8, 4) is 11.1 Å². The number of sulfonamides is 1. The van der Waals surface area contributed by atoms with Gasteiger partial charge in [-0.05, 0) is 48.3 Å². The Labute approximate surface area is 173 Å². The Hall–Kier alpha value is -2.18. The Morgan fingerprint density at radius 3 is 2.48 bits per heavy atom. The molecule has 1 aliphatic heterocycles. The maximum atomic E-state index is 13.1. The predicted octanol–water partition coefficient (Wildman–Crippen LogP) is 3.39. The fourth-order valence-corrected chi connectivity index (χ4v) is 5.33. The molecule has 2 aromatic carbocycles. The summed E-state index contributed by atoms with van der Waals surface area (Å²) in [4.78, 5) is 15.1. The predicted molar refractivity (Wildman–Crippen MR) is 115 cm³/mol. The van der Waals surface area contributed by atoms with Crippen molar-refractivity contribution in [2.24, 2.45) is 5.92 Å². The Balaban J connectivity index is 1.43. The molecule has 2 aromatic rings. The summed E-state index contributed by atoms with van der Waals surface area (Å²) in [7, 11) is -3.21. The summed E-state index contributed by atoms with van der Waals surface area (Å²) >= 11 is 0. The second-order valence-electron chi connectivity index (χ2n) is 8.25. The van der Waals surface area contributed by atoms with Gasteiger partial charge in [-0.2, -0.15) is 0 Å². The number of nitrogens with one attached hydrogen (secondary N) is 1. The van der Waals surface area contributed by atoms with E-state index >= 15 is 0 Å². The Kier molecular flexibility index (Phi) is 5.74. The van der Waals surface area contributed by atoms with Crippen LogP contribution in [0.2, 0.25) is 0 Å². The van der Waals surface area contributed by atoms with Crippen LogP contribution in [0.4, 0.5) is 0 Å². The number of nitrogens with zero attached hydrogens (tertiary/aromatic N) is 1. The molecule has 3 atom stereocenters. The van der Waals surface area contributed by atoms with Gasteiger partial charge in [0.2, 0.25) is 15.9 Å². The van der Waals surface area contributed by atoms with Gasteiger partial charge in [-0.3, -0.25) is 4.79 Å². The molecule has 2 fully saturated rings. The second-order valence-corrected chi connectivity index (χ2v) is 10.0. The van der Waals surface area contributed by atoms with Crippen LogP contribution in [-0.2, 0) is 14.8 Å². The maximum absolute atomic E-state index is 13.1. The summed E-state index contributed by atoms with van der Waals surface area (Å²) < 4.78 is 25.7. The van der Waals surface area contributed by atoms with Gasteiger partial charge in [-0.15, -0.1) is 0 Å². The molecule has 154 valence electrons. The van der Waals surface area contributed by atoms with Gasteiger partial charge in [0, 0.05) is 25.0 Å². The van der Waals surface area contributed by atoms with Crippen molar-refractivity contribution in [3.63, 3.8) is 0 Å². The average molecular weight is 413 g/mol. The third kappa shape index (κ3) is 4.87. The molecule has 1 aliphatic carbocycles. The smallest absolute Gasteiger partial charge is 0.226 e. The van der Waals surface area contributed by atoms with E-state index in [4.69, 9.17) is 0 Å². The van der Waals surface area contributed by atoms with E-state index in [1.807, 2.05) is 23.1 Å². The summed E-state index contributed by atoms with van der Waals surface area (Å²) in [6, 6.07) is 18.6. The molecule has 0 unspecified atom stereocenters. The number of carbonyl (C=O) groups excluding carboxylic acids is 1. The summed E-state index contributed by atoms with van der Waals surface area (Å²) in [5.74, 6) is 0.532.